The minimum Gasteiger partial charge on any atom is -0.477 e. The van der Waals surface area contributed by atoms with Gasteiger partial charge >= 0.3 is 0 Å². The van der Waals surface area contributed by atoms with Crippen LogP contribution in [0.5, 0.6) is 5.88 Å². The molecule has 1 unspecified atom stereocenters. The summed E-state index contributed by atoms with van der Waals surface area (Å²) in [5, 5.41) is 2.13. The Labute approximate surface area is 169 Å². The van der Waals surface area contributed by atoms with Crippen LogP contribution in [0.3, 0.4) is 0 Å². The summed E-state index contributed by atoms with van der Waals surface area (Å²) < 4.78 is 5.68. The Hall–Kier alpha value is -3.22. The molecule has 1 atom stereocenters. The van der Waals surface area contributed by atoms with Crippen LogP contribution in [0.1, 0.15) is 47.7 Å². The summed E-state index contributed by atoms with van der Waals surface area (Å²) in [4.78, 5) is 41.0. The SMILES string of the molecule is CC(CCC(=O)NC=O)N1Cc2cc(-c3ccc4c(n3)OCCC4)ccc2C1=O. The van der Waals surface area contributed by atoms with E-state index in [1.165, 1.54) is 0 Å². The molecule has 0 spiro atoms. The van der Waals surface area contributed by atoms with Gasteiger partial charge in [-0.2, -0.15) is 0 Å². The number of fused-ring (bicyclic) bond motifs is 2. The summed E-state index contributed by atoms with van der Waals surface area (Å²) in [7, 11) is 0. The molecule has 0 radical (unpaired) electrons. The highest BCUT2D eigenvalue weighted by atomic mass is 16.5. The van der Waals surface area contributed by atoms with Crippen LogP contribution < -0.4 is 10.1 Å². The van der Waals surface area contributed by atoms with Crippen molar-refractivity contribution in [1.82, 2.24) is 15.2 Å². The molecule has 3 heterocycles. The number of pyridine rings is 1. The number of hydrogen-bond donors (Lipinski definition) is 1. The molecule has 2 aliphatic rings. The molecule has 1 aromatic carbocycles. The Morgan fingerprint density at radius 3 is 3.00 bits per heavy atom. The smallest absolute Gasteiger partial charge is 0.254 e. The number of ether oxygens (including phenoxy) is 1. The molecule has 0 fully saturated rings. The molecule has 150 valence electrons. The van der Waals surface area contributed by atoms with E-state index < -0.39 is 0 Å². The lowest BCUT2D eigenvalue weighted by Gasteiger charge is -2.23. The monoisotopic (exact) mass is 393 g/mol. The van der Waals surface area contributed by atoms with E-state index in [2.05, 4.69) is 16.4 Å². The van der Waals surface area contributed by atoms with Crippen LogP contribution in [-0.2, 0) is 22.6 Å². The Morgan fingerprint density at radius 2 is 2.17 bits per heavy atom. The Balaban J connectivity index is 1.50. The van der Waals surface area contributed by atoms with Crippen molar-refractivity contribution in [2.24, 2.45) is 0 Å². The fourth-order valence-corrected chi connectivity index (χ4v) is 3.87. The van der Waals surface area contributed by atoms with Crippen molar-refractivity contribution in [2.45, 2.75) is 45.2 Å². The molecular weight excluding hydrogens is 370 g/mol. The highest BCUT2D eigenvalue weighted by molar-refractivity contribution is 5.99. The minimum absolute atomic E-state index is 0.0309. The average molecular weight is 393 g/mol. The molecule has 1 N–H and O–H groups in total. The van der Waals surface area contributed by atoms with Crippen molar-refractivity contribution >= 4 is 18.2 Å². The first-order valence-electron chi connectivity index (χ1n) is 9.87. The van der Waals surface area contributed by atoms with Crippen molar-refractivity contribution < 1.29 is 19.1 Å². The summed E-state index contributed by atoms with van der Waals surface area (Å²) in [6, 6.07) is 9.73. The molecule has 0 aliphatic carbocycles. The fraction of sp³-hybridized carbons (Fsp3) is 0.364. The molecule has 1 aromatic heterocycles. The summed E-state index contributed by atoms with van der Waals surface area (Å²) >= 11 is 0. The van der Waals surface area contributed by atoms with Crippen LogP contribution in [0.4, 0.5) is 0 Å². The van der Waals surface area contributed by atoms with Crippen LogP contribution in [0.15, 0.2) is 30.3 Å². The number of benzene rings is 1. The third-order valence-corrected chi connectivity index (χ3v) is 5.54. The lowest BCUT2D eigenvalue weighted by atomic mass is 10.0. The molecule has 2 aromatic rings. The Morgan fingerprint density at radius 1 is 1.31 bits per heavy atom. The number of carbonyl (C=O) groups is 3. The van der Waals surface area contributed by atoms with Gasteiger partial charge in [0.15, 0.2) is 0 Å². The van der Waals surface area contributed by atoms with Crippen LogP contribution in [0, 0.1) is 0 Å². The predicted molar refractivity (Wildman–Crippen MR) is 106 cm³/mol. The van der Waals surface area contributed by atoms with Crippen molar-refractivity contribution in [2.75, 3.05) is 6.61 Å². The quantitative estimate of drug-likeness (QED) is 0.762. The lowest BCUT2D eigenvalue weighted by molar-refractivity contribution is -0.125. The van der Waals surface area contributed by atoms with E-state index in [-0.39, 0.29) is 24.3 Å². The summed E-state index contributed by atoms with van der Waals surface area (Å²) in [5.74, 6) is 0.338. The highest BCUT2D eigenvalue weighted by Crippen LogP contribution is 2.32. The van der Waals surface area contributed by atoms with Gasteiger partial charge in [-0.3, -0.25) is 19.7 Å². The second-order valence-electron chi connectivity index (χ2n) is 7.49. The van der Waals surface area contributed by atoms with Crippen LogP contribution in [-0.4, -0.2) is 40.8 Å². The number of nitrogens with zero attached hydrogens (tertiary/aromatic N) is 2. The molecule has 7 heteroatoms. The van der Waals surface area contributed by atoms with Gasteiger partial charge in [-0.25, -0.2) is 4.98 Å². The molecule has 3 amide bonds. The number of carbonyl (C=O) groups excluding carboxylic acids is 3. The van der Waals surface area contributed by atoms with E-state index in [0.717, 1.165) is 35.2 Å². The average Bonchev–Trinajstić information content (AvgIpc) is 3.08. The number of nitrogens with one attached hydrogen (secondary N) is 1. The number of aromatic nitrogens is 1. The van der Waals surface area contributed by atoms with Gasteiger partial charge in [0.1, 0.15) is 0 Å². The van der Waals surface area contributed by atoms with Gasteiger partial charge < -0.3 is 9.64 Å². The van der Waals surface area contributed by atoms with Crippen molar-refractivity contribution in [3.8, 4) is 17.1 Å². The lowest BCUT2D eigenvalue weighted by Crippen LogP contribution is -2.34. The normalized spacial score (nSPS) is 15.9. The second-order valence-corrected chi connectivity index (χ2v) is 7.49. The standard InChI is InChI=1S/C22H23N3O4/c1-14(4-9-20(27)23-13-26)25-12-17-11-16(5-7-18(17)22(25)28)19-8-6-15-3-2-10-29-21(15)24-19/h5-8,11,13-14H,2-4,9-10,12H2,1H3,(H,23,26,27). The van der Waals surface area contributed by atoms with Gasteiger partial charge in [0, 0.05) is 35.7 Å². The summed E-state index contributed by atoms with van der Waals surface area (Å²) in [5.41, 5.74) is 4.56. The van der Waals surface area contributed by atoms with E-state index in [0.29, 0.717) is 37.4 Å². The predicted octanol–water partition coefficient (Wildman–Crippen LogP) is 2.47. The number of aryl methyl sites for hydroxylation is 1. The largest absolute Gasteiger partial charge is 0.477 e. The highest BCUT2D eigenvalue weighted by Gasteiger charge is 2.31. The summed E-state index contributed by atoms with van der Waals surface area (Å²) in [6.45, 7) is 3.11. The fourth-order valence-electron chi connectivity index (χ4n) is 3.87. The van der Waals surface area contributed by atoms with Gasteiger partial charge in [0.05, 0.1) is 12.3 Å². The summed E-state index contributed by atoms with van der Waals surface area (Å²) in [6.07, 6.45) is 3.07. The van der Waals surface area contributed by atoms with E-state index in [4.69, 9.17) is 4.74 Å². The first-order valence-corrected chi connectivity index (χ1v) is 9.87. The van der Waals surface area contributed by atoms with Gasteiger partial charge in [-0.05, 0) is 49.9 Å². The van der Waals surface area contributed by atoms with E-state index in [9.17, 15) is 14.4 Å². The maximum atomic E-state index is 12.8. The number of amides is 3. The second kappa shape index (κ2) is 8.03. The van der Waals surface area contributed by atoms with Crippen molar-refractivity contribution in [1.29, 1.82) is 0 Å². The Kier molecular flexibility index (Phi) is 5.29. The van der Waals surface area contributed by atoms with Crippen LogP contribution >= 0.6 is 0 Å². The molecule has 29 heavy (non-hydrogen) atoms. The molecule has 7 nitrogen and oxygen atoms in total. The minimum atomic E-state index is -0.334. The van der Waals surface area contributed by atoms with E-state index in [1.807, 2.05) is 31.2 Å². The maximum Gasteiger partial charge on any atom is 0.254 e. The van der Waals surface area contributed by atoms with Crippen LogP contribution in [0.25, 0.3) is 11.3 Å². The number of imide groups is 1. The first kappa shape index (κ1) is 19.1. The van der Waals surface area contributed by atoms with Crippen LogP contribution in [0.2, 0.25) is 0 Å². The van der Waals surface area contributed by atoms with E-state index in [1.54, 1.807) is 4.90 Å². The molecule has 0 saturated carbocycles. The van der Waals surface area contributed by atoms with Crippen molar-refractivity contribution in [3.05, 3.63) is 47.0 Å². The van der Waals surface area contributed by atoms with E-state index >= 15 is 0 Å². The third kappa shape index (κ3) is 3.85. The zero-order valence-electron chi connectivity index (χ0n) is 16.3. The van der Waals surface area contributed by atoms with Crippen molar-refractivity contribution in [3.63, 3.8) is 0 Å². The van der Waals surface area contributed by atoms with Gasteiger partial charge in [0.25, 0.3) is 5.91 Å². The first-order chi connectivity index (χ1) is 14.1. The molecule has 4 rings (SSSR count). The number of hydrogen-bond acceptors (Lipinski definition) is 5. The van der Waals surface area contributed by atoms with Gasteiger partial charge in [-0.15, -0.1) is 0 Å². The molecule has 0 bridgehead atoms. The van der Waals surface area contributed by atoms with Gasteiger partial charge in [0.2, 0.25) is 18.2 Å². The molecule has 0 saturated heterocycles. The number of rotatable bonds is 6. The zero-order valence-corrected chi connectivity index (χ0v) is 16.3. The molecule has 2 aliphatic heterocycles. The topological polar surface area (TPSA) is 88.6 Å². The third-order valence-electron chi connectivity index (χ3n) is 5.54. The van der Waals surface area contributed by atoms with Gasteiger partial charge in [-0.1, -0.05) is 12.1 Å². The zero-order chi connectivity index (χ0) is 20.4. The molecular formula is C22H23N3O4. The maximum absolute atomic E-state index is 12.8. The Bertz CT molecular complexity index is 973.